The summed E-state index contributed by atoms with van der Waals surface area (Å²) in [4.78, 5) is 11.0. The third-order valence-corrected chi connectivity index (χ3v) is 4.91. The Morgan fingerprint density at radius 2 is 2.23 bits per heavy atom. The first-order chi connectivity index (χ1) is 10.6. The van der Waals surface area contributed by atoms with Crippen LogP contribution in [0, 0.1) is 11.7 Å². The summed E-state index contributed by atoms with van der Waals surface area (Å²) in [6.07, 6.45) is 8.44. The number of halogens is 1. The van der Waals surface area contributed by atoms with Crippen LogP contribution in [0.4, 0.5) is 10.2 Å². The second-order valence-corrected chi connectivity index (χ2v) is 8.17. The van der Waals surface area contributed by atoms with E-state index in [1.807, 2.05) is 0 Å². The monoisotopic (exact) mass is 322 g/mol. The van der Waals surface area contributed by atoms with Crippen molar-refractivity contribution in [3.8, 4) is 0 Å². The van der Waals surface area contributed by atoms with Gasteiger partial charge in [-0.25, -0.2) is 25.4 Å². The molecule has 6 heteroatoms. The van der Waals surface area contributed by atoms with Gasteiger partial charge in [-0.2, -0.15) is 0 Å². The van der Waals surface area contributed by atoms with Gasteiger partial charge in [0.1, 0.15) is 18.0 Å². The van der Waals surface area contributed by atoms with Crippen molar-refractivity contribution in [2.45, 2.75) is 12.8 Å². The van der Waals surface area contributed by atoms with E-state index in [1.54, 1.807) is 6.07 Å². The smallest absolute Gasteiger partial charge is 0.139 e. The van der Waals surface area contributed by atoms with Crippen LogP contribution in [0.5, 0.6) is 0 Å². The van der Waals surface area contributed by atoms with Gasteiger partial charge in [-0.3, -0.25) is 4.72 Å². The average Bonchev–Trinajstić information content (AvgIpc) is 2.52. The normalized spacial score (nSPS) is 19.5. The van der Waals surface area contributed by atoms with Crippen molar-refractivity contribution < 1.29 is 4.39 Å². The number of thiol groups is 1. The molecular formula is C16H23FN4S. The van der Waals surface area contributed by atoms with Crippen LogP contribution in [0.15, 0.2) is 24.5 Å². The summed E-state index contributed by atoms with van der Waals surface area (Å²) in [6.45, 7) is 3.07. The first-order valence-corrected chi connectivity index (χ1v) is 9.93. The van der Waals surface area contributed by atoms with E-state index >= 15 is 0 Å². The first kappa shape index (κ1) is 15.5. The summed E-state index contributed by atoms with van der Waals surface area (Å²) in [5, 5.41) is 0.936. The predicted molar refractivity (Wildman–Crippen MR) is 93.3 cm³/mol. The Hall–Kier alpha value is -1.40. The number of nitrogens with zero attached hydrogens (tertiary/aromatic N) is 3. The maximum absolute atomic E-state index is 13.4. The lowest BCUT2D eigenvalue weighted by molar-refractivity contribution is 0.414. The Balaban J connectivity index is 1.81. The summed E-state index contributed by atoms with van der Waals surface area (Å²) in [7, 11) is 0. The molecule has 1 aliphatic heterocycles. The van der Waals surface area contributed by atoms with Gasteiger partial charge in [0, 0.05) is 31.1 Å². The van der Waals surface area contributed by atoms with Crippen LogP contribution in [0.3, 0.4) is 0 Å². The summed E-state index contributed by atoms with van der Waals surface area (Å²) >= 11 is -0.0616. The molecule has 0 bridgehead atoms. The van der Waals surface area contributed by atoms with Crippen molar-refractivity contribution in [3.63, 3.8) is 0 Å². The molecule has 0 spiro atoms. The van der Waals surface area contributed by atoms with Gasteiger partial charge in [-0.05, 0) is 43.4 Å². The van der Waals surface area contributed by atoms with Crippen LogP contribution >= 0.6 is 11.1 Å². The zero-order chi connectivity index (χ0) is 15.5. The minimum absolute atomic E-state index is 0.0616. The fourth-order valence-electron chi connectivity index (χ4n) is 3.00. The fraction of sp³-hybridized carbons (Fsp3) is 0.500. The van der Waals surface area contributed by atoms with E-state index in [9.17, 15) is 4.39 Å². The van der Waals surface area contributed by atoms with Crippen LogP contribution in [-0.2, 0) is 0 Å². The standard InChI is InChI=1S/C16H23FN4S/c1-22(2)20-9-12-4-3-7-21(10-12)16-14-6-5-13(17)8-15(14)18-11-19-16/h5-6,8,11-12,20,22H,3-4,7,9-10H2,1-2H3. The molecule has 120 valence electrons. The van der Waals surface area contributed by atoms with Gasteiger partial charge in [-0.15, -0.1) is 0 Å². The highest BCUT2D eigenvalue weighted by Crippen LogP contribution is 2.28. The van der Waals surface area contributed by atoms with Gasteiger partial charge < -0.3 is 4.90 Å². The maximum Gasteiger partial charge on any atom is 0.139 e. The molecule has 4 nitrogen and oxygen atoms in total. The van der Waals surface area contributed by atoms with Crippen molar-refractivity contribution >= 4 is 27.8 Å². The molecule has 2 heterocycles. The molecule has 1 aliphatic rings. The van der Waals surface area contributed by atoms with Crippen LogP contribution in [0.2, 0.25) is 0 Å². The molecule has 0 saturated carbocycles. The Kier molecular flexibility index (Phi) is 4.78. The Labute approximate surface area is 133 Å². The molecule has 1 saturated heterocycles. The van der Waals surface area contributed by atoms with E-state index in [1.165, 1.54) is 31.3 Å². The number of benzene rings is 1. The maximum atomic E-state index is 13.4. The van der Waals surface area contributed by atoms with Gasteiger partial charge in [0.25, 0.3) is 0 Å². The van der Waals surface area contributed by atoms with Crippen molar-refractivity contribution in [2.24, 2.45) is 5.92 Å². The highest BCUT2D eigenvalue weighted by atomic mass is 32.2. The second-order valence-electron chi connectivity index (χ2n) is 6.07. The molecule has 22 heavy (non-hydrogen) atoms. The molecule has 1 aromatic heterocycles. The molecule has 0 radical (unpaired) electrons. The number of fused-ring (bicyclic) bond motifs is 1. The molecule has 1 atom stereocenters. The molecule has 0 aliphatic carbocycles. The molecule has 2 aromatic rings. The third-order valence-electron chi connectivity index (χ3n) is 4.09. The number of anilines is 1. The van der Waals surface area contributed by atoms with E-state index in [0.717, 1.165) is 30.8 Å². The number of nitrogens with one attached hydrogen (secondary N) is 1. The van der Waals surface area contributed by atoms with Gasteiger partial charge >= 0.3 is 0 Å². The van der Waals surface area contributed by atoms with Gasteiger partial charge in [-0.1, -0.05) is 0 Å². The Bertz CT molecular complexity index is 649. The molecular weight excluding hydrogens is 299 g/mol. The fourth-order valence-corrected chi connectivity index (χ4v) is 3.63. The van der Waals surface area contributed by atoms with Crippen LogP contribution < -0.4 is 9.62 Å². The van der Waals surface area contributed by atoms with Crippen LogP contribution in [-0.4, -0.2) is 42.1 Å². The molecule has 0 amide bonds. The molecule has 1 fully saturated rings. The Morgan fingerprint density at radius 1 is 1.36 bits per heavy atom. The number of rotatable bonds is 4. The first-order valence-electron chi connectivity index (χ1n) is 7.69. The lowest BCUT2D eigenvalue weighted by Crippen LogP contribution is -2.39. The second kappa shape index (κ2) is 6.79. The topological polar surface area (TPSA) is 41.0 Å². The van der Waals surface area contributed by atoms with E-state index in [-0.39, 0.29) is 16.9 Å². The number of piperidine rings is 1. The third kappa shape index (κ3) is 3.50. The lowest BCUT2D eigenvalue weighted by atomic mass is 9.98. The van der Waals surface area contributed by atoms with Gasteiger partial charge in [0.15, 0.2) is 0 Å². The summed E-state index contributed by atoms with van der Waals surface area (Å²) in [5.41, 5.74) is 0.677. The van der Waals surface area contributed by atoms with Crippen molar-refractivity contribution in [1.29, 1.82) is 0 Å². The number of aromatic nitrogens is 2. The predicted octanol–water partition coefficient (Wildman–Crippen LogP) is 2.75. The summed E-state index contributed by atoms with van der Waals surface area (Å²) < 4.78 is 17.0. The average molecular weight is 322 g/mol. The summed E-state index contributed by atoms with van der Waals surface area (Å²) in [6, 6.07) is 4.75. The minimum Gasteiger partial charge on any atom is -0.356 e. The molecule has 3 rings (SSSR count). The van der Waals surface area contributed by atoms with E-state index in [0.29, 0.717) is 11.4 Å². The number of hydrogen-bond donors (Lipinski definition) is 2. The van der Waals surface area contributed by atoms with E-state index < -0.39 is 0 Å². The van der Waals surface area contributed by atoms with Crippen LogP contribution in [0.1, 0.15) is 12.8 Å². The minimum atomic E-state index is -0.253. The lowest BCUT2D eigenvalue weighted by Gasteiger charge is -2.34. The quantitative estimate of drug-likeness (QED) is 0.849. The van der Waals surface area contributed by atoms with Gasteiger partial charge in [0.05, 0.1) is 5.52 Å². The van der Waals surface area contributed by atoms with Crippen molar-refractivity contribution in [2.75, 3.05) is 37.0 Å². The van der Waals surface area contributed by atoms with E-state index in [4.69, 9.17) is 0 Å². The molecule has 1 N–H and O–H groups in total. The van der Waals surface area contributed by atoms with Crippen molar-refractivity contribution in [1.82, 2.24) is 14.7 Å². The Morgan fingerprint density at radius 3 is 3.05 bits per heavy atom. The number of hydrogen-bond acceptors (Lipinski definition) is 4. The van der Waals surface area contributed by atoms with Crippen LogP contribution in [0.25, 0.3) is 10.9 Å². The van der Waals surface area contributed by atoms with Gasteiger partial charge in [0.2, 0.25) is 0 Å². The zero-order valence-electron chi connectivity index (χ0n) is 13.1. The SMILES string of the molecule is C[SH](C)NCC1CCCN(c2ncnc3cc(F)ccc23)C1. The molecule has 1 unspecified atom stereocenters. The highest BCUT2D eigenvalue weighted by Gasteiger charge is 2.22. The zero-order valence-corrected chi connectivity index (χ0v) is 14.0. The van der Waals surface area contributed by atoms with Crippen molar-refractivity contribution in [3.05, 3.63) is 30.3 Å². The summed E-state index contributed by atoms with van der Waals surface area (Å²) in [5.74, 6) is 1.33. The molecule has 1 aromatic carbocycles. The largest absolute Gasteiger partial charge is 0.356 e. The van der Waals surface area contributed by atoms with E-state index in [2.05, 4.69) is 32.1 Å². The highest BCUT2D eigenvalue weighted by molar-refractivity contribution is 8.14.